The summed E-state index contributed by atoms with van der Waals surface area (Å²) in [4.78, 5) is 15.4. The number of hydrogen-bond acceptors (Lipinski definition) is 8. The van der Waals surface area contributed by atoms with Gasteiger partial charge in [0, 0.05) is 18.8 Å². The van der Waals surface area contributed by atoms with Crippen LogP contribution >= 0.6 is 0 Å². The molecule has 3 aromatic rings. The first kappa shape index (κ1) is 19.7. The summed E-state index contributed by atoms with van der Waals surface area (Å²) in [5.74, 6) is 0.856. The monoisotopic (exact) mass is 407 g/mol. The highest BCUT2D eigenvalue weighted by atomic mass is 19.1. The molecule has 0 saturated carbocycles. The van der Waals surface area contributed by atoms with Crippen LogP contribution in [0.3, 0.4) is 0 Å². The fourth-order valence-electron chi connectivity index (χ4n) is 2.85. The van der Waals surface area contributed by atoms with E-state index < -0.39 is 0 Å². The molecule has 0 spiro atoms. The number of hydrazone groups is 1. The van der Waals surface area contributed by atoms with E-state index in [0.29, 0.717) is 49.8 Å². The van der Waals surface area contributed by atoms with E-state index >= 15 is 0 Å². The minimum atomic E-state index is -0.307. The van der Waals surface area contributed by atoms with E-state index in [0.717, 1.165) is 5.56 Å². The van der Waals surface area contributed by atoms with Crippen LogP contribution in [0.2, 0.25) is 0 Å². The van der Waals surface area contributed by atoms with Crippen LogP contribution in [0.1, 0.15) is 11.1 Å². The lowest BCUT2D eigenvalue weighted by Crippen LogP contribution is -2.37. The van der Waals surface area contributed by atoms with Crippen LogP contribution in [-0.2, 0) is 4.74 Å². The standard InChI is InChI=1S/C21H22FN7O/c1-15-2-4-16(5-3-15)14-23-28-20-25-19(24-18-8-6-17(22)7-9-18)26-21(27-20)29-10-12-30-13-11-29/h2-9,14H,10-13H2,1H3,(H2,24,25,26,27,28)/b23-14-. The van der Waals surface area contributed by atoms with E-state index in [9.17, 15) is 4.39 Å². The zero-order valence-corrected chi connectivity index (χ0v) is 16.5. The van der Waals surface area contributed by atoms with Crippen molar-refractivity contribution in [3.8, 4) is 0 Å². The van der Waals surface area contributed by atoms with Crippen molar-refractivity contribution in [2.45, 2.75) is 6.92 Å². The highest BCUT2D eigenvalue weighted by Crippen LogP contribution is 2.19. The molecule has 1 aromatic heterocycles. The molecule has 1 fully saturated rings. The third kappa shape index (κ3) is 5.26. The van der Waals surface area contributed by atoms with Crippen molar-refractivity contribution < 1.29 is 9.13 Å². The molecule has 2 heterocycles. The molecule has 0 unspecified atom stereocenters. The van der Waals surface area contributed by atoms with E-state index in [4.69, 9.17) is 4.74 Å². The first-order valence-corrected chi connectivity index (χ1v) is 9.63. The van der Waals surface area contributed by atoms with Gasteiger partial charge >= 0.3 is 0 Å². The van der Waals surface area contributed by atoms with Gasteiger partial charge in [-0.3, -0.25) is 0 Å². The molecule has 30 heavy (non-hydrogen) atoms. The van der Waals surface area contributed by atoms with E-state index in [1.54, 1.807) is 18.3 Å². The fraction of sp³-hybridized carbons (Fsp3) is 0.238. The predicted octanol–water partition coefficient (Wildman–Crippen LogP) is 3.35. The maximum atomic E-state index is 13.2. The Balaban J connectivity index is 1.55. The number of ether oxygens (including phenoxy) is 1. The maximum Gasteiger partial charge on any atom is 0.250 e. The van der Waals surface area contributed by atoms with Gasteiger partial charge in [-0.15, -0.1) is 0 Å². The van der Waals surface area contributed by atoms with Gasteiger partial charge in [0.2, 0.25) is 17.8 Å². The number of aryl methyl sites for hydroxylation is 1. The second kappa shape index (κ2) is 9.27. The number of nitrogens with one attached hydrogen (secondary N) is 2. The summed E-state index contributed by atoms with van der Waals surface area (Å²) in [6.07, 6.45) is 1.70. The van der Waals surface area contributed by atoms with E-state index in [1.165, 1.54) is 17.7 Å². The van der Waals surface area contributed by atoms with Crippen LogP contribution in [0.4, 0.5) is 27.9 Å². The summed E-state index contributed by atoms with van der Waals surface area (Å²) in [6.45, 7) is 4.63. The van der Waals surface area contributed by atoms with Crippen molar-refractivity contribution in [1.82, 2.24) is 15.0 Å². The molecule has 0 radical (unpaired) electrons. The Morgan fingerprint density at radius 3 is 2.40 bits per heavy atom. The Morgan fingerprint density at radius 2 is 1.67 bits per heavy atom. The molecule has 0 bridgehead atoms. The van der Waals surface area contributed by atoms with Crippen molar-refractivity contribution in [2.24, 2.45) is 5.10 Å². The minimum absolute atomic E-state index is 0.305. The van der Waals surface area contributed by atoms with E-state index in [2.05, 4.69) is 30.8 Å². The van der Waals surface area contributed by atoms with E-state index in [1.807, 2.05) is 36.1 Å². The third-order valence-corrected chi connectivity index (χ3v) is 4.47. The Hall–Kier alpha value is -3.59. The smallest absolute Gasteiger partial charge is 0.250 e. The molecule has 1 aliphatic heterocycles. The summed E-state index contributed by atoms with van der Waals surface area (Å²) in [7, 11) is 0. The van der Waals surface area contributed by atoms with Crippen molar-refractivity contribution in [3.63, 3.8) is 0 Å². The average molecular weight is 407 g/mol. The number of morpholine rings is 1. The fourth-order valence-corrected chi connectivity index (χ4v) is 2.85. The second-order valence-corrected chi connectivity index (χ2v) is 6.79. The number of nitrogens with zero attached hydrogens (tertiary/aromatic N) is 5. The molecule has 2 aromatic carbocycles. The van der Waals surface area contributed by atoms with Crippen LogP contribution in [0.15, 0.2) is 53.6 Å². The quantitative estimate of drug-likeness (QED) is 0.479. The summed E-state index contributed by atoms with van der Waals surface area (Å²) < 4.78 is 18.6. The van der Waals surface area contributed by atoms with E-state index in [-0.39, 0.29) is 5.82 Å². The lowest BCUT2D eigenvalue weighted by atomic mass is 10.2. The van der Waals surface area contributed by atoms with Gasteiger partial charge in [-0.25, -0.2) is 9.82 Å². The van der Waals surface area contributed by atoms with Crippen molar-refractivity contribution >= 4 is 29.7 Å². The maximum absolute atomic E-state index is 13.2. The molecule has 4 rings (SSSR count). The first-order valence-electron chi connectivity index (χ1n) is 9.63. The van der Waals surface area contributed by atoms with Crippen molar-refractivity contribution in [1.29, 1.82) is 0 Å². The molecular weight excluding hydrogens is 385 g/mol. The van der Waals surface area contributed by atoms with Gasteiger partial charge in [-0.05, 0) is 36.8 Å². The molecule has 1 aliphatic rings. The largest absolute Gasteiger partial charge is 0.378 e. The number of aromatic nitrogens is 3. The number of benzene rings is 2. The van der Waals surface area contributed by atoms with Crippen LogP contribution < -0.4 is 15.6 Å². The number of hydrogen-bond donors (Lipinski definition) is 2. The zero-order chi connectivity index (χ0) is 20.8. The Bertz CT molecular complexity index is 1000. The van der Waals surface area contributed by atoms with Gasteiger partial charge in [-0.1, -0.05) is 29.8 Å². The second-order valence-electron chi connectivity index (χ2n) is 6.79. The van der Waals surface area contributed by atoms with Crippen molar-refractivity contribution in [2.75, 3.05) is 41.9 Å². The lowest BCUT2D eigenvalue weighted by Gasteiger charge is -2.27. The van der Waals surface area contributed by atoms with Crippen molar-refractivity contribution in [3.05, 3.63) is 65.5 Å². The van der Waals surface area contributed by atoms with Crippen LogP contribution in [-0.4, -0.2) is 47.5 Å². The molecule has 0 aliphatic carbocycles. The molecule has 154 valence electrons. The van der Waals surface area contributed by atoms with Gasteiger partial charge in [0.05, 0.1) is 19.4 Å². The summed E-state index contributed by atoms with van der Waals surface area (Å²) in [5.41, 5.74) is 5.69. The Labute approximate surface area is 173 Å². The number of rotatable bonds is 6. The van der Waals surface area contributed by atoms with Gasteiger partial charge in [0.25, 0.3) is 0 Å². The molecule has 9 heteroatoms. The average Bonchev–Trinajstić information content (AvgIpc) is 2.77. The Kier molecular flexibility index (Phi) is 6.09. The highest BCUT2D eigenvalue weighted by Gasteiger charge is 2.16. The lowest BCUT2D eigenvalue weighted by molar-refractivity contribution is 0.122. The third-order valence-electron chi connectivity index (χ3n) is 4.47. The van der Waals surface area contributed by atoms with Gasteiger partial charge in [0.15, 0.2) is 0 Å². The molecule has 1 saturated heterocycles. The van der Waals surface area contributed by atoms with Gasteiger partial charge in [0.1, 0.15) is 5.82 Å². The normalized spacial score (nSPS) is 14.1. The molecular formula is C21H22FN7O. The predicted molar refractivity (Wildman–Crippen MR) is 115 cm³/mol. The van der Waals surface area contributed by atoms with Gasteiger partial charge in [-0.2, -0.15) is 20.1 Å². The molecule has 0 atom stereocenters. The number of anilines is 4. The van der Waals surface area contributed by atoms with Crippen LogP contribution in [0.5, 0.6) is 0 Å². The Morgan fingerprint density at radius 1 is 0.967 bits per heavy atom. The molecule has 0 amide bonds. The van der Waals surface area contributed by atoms with Gasteiger partial charge < -0.3 is 15.0 Å². The van der Waals surface area contributed by atoms with Crippen LogP contribution in [0.25, 0.3) is 0 Å². The zero-order valence-electron chi connectivity index (χ0n) is 16.5. The topological polar surface area (TPSA) is 87.6 Å². The number of halogens is 1. The highest BCUT2D eigenvalue weighted by molar-refractivity contribution is 5.80. The van der Waals surface area contributed by atoms with Crippen LogP contribution in [0, 0.1) is 12.7 Å². The minimum Gasteiger partial charge on any atom is -0.378 e. The summed E-state index contributed by atoms with van der Waals surface area (Å²) >= 11 is 0. The molecule has 8 nitrogen and oxygen atoms in total. The summed E-state index contributed by atoms with van der Waals surface area (Å²) in [5, 5.41) is 7.33. The SMILES string of the molecule is Cc1ccc(/C=N\Nc2nc(Nc3ccc(F)cc3)nc(N3CCOCC3)n2)cc1. The molecule has 2 N–H and O–H groups in total. The first-order chi connectivity index (χ1) is 14.7. The summed E-state index contributed by atoms with van der Waals surface area (Å²) in [6, 6.07) is 14.0.